The molecule has 0 amide bonds. The molecule has 0 radical (unpaired) electrons. The first kappa shape index (κ1) is 13.7. The minimum absolute atomic E-state index is 0.0898. The second-order valence-electron chi connectivity index (χ2n) is 3.92. The topological polar surface area (TPSA) is 70.8 Å². The summed E-state index contributed by atoms with van der Waals surface area (Å²) in [6.07, 6.45) is 4.08. The highest BCUT2D eigenvalue weighted by Crippen LogP contribution is 2.11. The molecule has 4 nitrogen and oxygen atoms in total. The van der Waals surface area contributed by atoms with Crippen molar-refractivity contribution in [2.24, 2.45) is 0 Å². The van der Waals surface area contributed by atoms with Crippen LogP contribution in [0.15, 0.2) is 18.3 Å². The summed E-state index contributed by atoms with van der Waals surface area (Å²) in [5.41, 5.74) is 0.693. The van der Waals surface area contributed by atoms with Gasteiger partial charge in [0.05, 0.1) is 11.5 Å². The normalized spacial score (nSPS) is 11.1. The number of hydrogen-bond acceptors (Lipinski definition) is 4. The molecule has 1 aromatic rings. The van der Waals surface area contributed by atoms with Gasteiger partial charge >= 0.3 is 0 Å². The van der Waals surface area contributed by atoms with Gasteiger partial charge in [-0.2, -0.15) is 5.26 Å². The van der Waals surface area contributed by atoms with Crippen LogP contribution >= 0.6 is 0 Å². The molecule has 0 unspecified atom stereocenters. The van der Waals surface area contributed by atoms with E-state index < -0.39 is 9.84 Å². The maximum atomic E-state index is 11.8. The maximum Gasteiger partial charge on any atom is 0.154 e. The quantitative estimate of drug-likeness (QED) is 0.726. The van der Waals surface area contributed by atoms with Crippen molar-refractivity contribution >= 4 is 9.84 Å². The van der Waals surface area contributed by atoms with Gasteiger partial charge in [-0.1, -0.05) is 25.8 Å². The van der Waals surface area contributed by atoms with Crippen LogP contribution in [0.2, 0.25) is 0 Å². The van der Waals surface area contributed by atoms with Gasteiger partial charge in [0.25, 0.3) is 0 Å². The van der Waals surface area contributed by atoms with Crippen LogP contribution in [0.5, 0.6) is 0 Å². The summed E-state index contributed by atoms with van der Waals surface area (Å²) in [7, 11) is -3.13. The largest absolute Gasteiger partial charge is 0.245 e. The van der Waals surface area contributed by atoms with Gasteiger partial charge in [0.15, 0.2) is 9.84 Å². The second-order valence-corrected chi connectivity index (χ2v) is 6.11. The summed E-state index contributed by atoms with van der Waals surface area (Å²) in [5.74, 6) is 0.0913. The minimum Gasteiger partial charge on any atom is -0.245 e. The molecule has 1 heterocycles. The molecule has 17 heavy (non-hydrogen) atoms. The predicted molar refractivity (Wildman–Crippen MR) is 66.0 cm³/mol. The number of unbranched alkanes of at least 4 members (excludes halogenated alkanes) is 2. The summed E-state index contributed by atoms with van der Waals surface area (Å²) < 4.78 is 23.6. The fourth-order valence-corrected chi connectivity index (χ4v) is 3.03. The van der Waals surface area contributed by atoms with E-state index in [1.807, 2.05) is 13.0 Å². The van der Waals surface area contributed by atoms with Gasteiger partial charge in [-0.3, -0.25) is 0 Å². The molecule has 5 heteroatoms. The maximum absolute atomic E-state index is 11.8. The third-order valence-electron chi connectivity index (χ3n) is 2.43. The molecule has 0 N–H and O–H groups in total. The summed E-state index contributed by atoms with van der Waals surface area (Å²) in [6, 6.07) is 5.20. The van der Waals surface area contributed by atoms with Crippen LogP contribution in [-0.2, 0) is 15.6 Å². The molecular formula is C12H16N2O2S. The van der Waals surface area contributed by atoms with Gasteiger partial charge in [0.2, 0.25) is 0 Å². The molecule has 0 saturated heterocycles. The molecule has 0 atom stereocenters. The fourth-order valence-electron chi connectivity index (χ4n) is 1.54. The number of aromatic nitrogens is 1. The molecule has 0 aliphatic rings. The van der Waals surface area contributed by atoms with Gasteiger partial charge in [0, 0.05) is 11.8 Å². The van der Waals surface area contributed by atoms with E-state index >= 15 is 0 Å². The first-order chi connectivity index (χ1) is 8.09. The van der Waals surface area contributed by atoms with Crippen molar-refractivity contribution in [1.82, 2.24) is 4.98 Å². The highest BCUT2D eigenvalue weighted by atomic mass is 32.2. The Hall–Kier alpha value is -1.41. The molecular weight excluding hydrogens is 236 g/mol. The first-order valence-electron chi connectivity index (χ1n) is 5.63. The monoisotopic (exact) mass is 252 g/mol. The predicted octanol–water partition coefficient (Wildman–Crippen LogP) is 2.06. The third-order valence-corrected chi connectivity index (χ3v) is 4.09. The average molecular weight is 252 g/mol. The first-order valence-corrected chi connectivity index (χ1v) is 7.45. The number of rotatable bonds is 6. The van der Waals surface area contributed by atoms with E-state index in [0.717, 1.165) is 12.8 Å². The van der Waals surface area contributed by atoms with E-state index in [4.69, 9.17) is 5.26 Å². The lowest BCUT2D eigenvalue weighted by molar-refractivity contribution is 0.590. The van der Waals surface area contributed by atoms with E-state index in [2.05, 4.69) is 4.98 Å². The third kappa shape index (κ3) is 4.53. The second kappa shape index (κ2) is 6.36. The van der Waals surface area contributed by atoms with Crippen LogP contribution in [-0.4, -0.2) is 19.2 Å². The molecule has 0 aromatic carbocycles. The zero-order chi connectivity index (χ0) is 12.7. The highest BCUT2D eigenvalue weighted by Gasteiger charge is 2.14. The Morgan fingerprint density at radius 3 is 2.82 bits per heavy atom. The molecule has 0 bridgehead atoms. The Bertz CT molecular complexity index is 503. The van der Waals surface area contributed by atoms with Crippen LogP contribution < -0.4 is 0 Å². The van der Waals surface area contributed by atoms with Gasteiger partial charge < -0.3 is 0 Å². The Morgan fingerprint density at radius 1 is 1.41 bits per heavy atom. The van der Waals surface area contributed by atoms with E-state index in [1.165, 1.54) is 6.20 Å². The van der Waals surface area contributed by atoms with Gasteiger partial charge in [0.1, 0.15) is 11.8 Å². The SMILES string of the molecule is CCCCCS(=O)(=O)Cc1cccnc1C#N. The summed E-state index contributed by atoms with van der Waals surface area (Å²) in [4.78, 5) is 3.85. The Balaban J connectivity index is 2.73. The molecule has 0 aliphatic carbocycles. The number of nitriles is 1. The van der Waals surface area contributed by atoms with Crippen LogP contribution in [0.4, 0.5) is 0 Å². The van der Waals surface area contributed by atoms with Crippen LogP contribution in [0.1, 0.15) is 37.4 Å². The van der Waals surface area contributed by atoms with Crippen LogP contribution in [0.25, 0.3) is 0 Å². The minimum atomic E-state index is -3.13. The van der Waals surface area contributed by atoms with E-state index in [1.54, 1.807) is 12.1 Å². The van der Waals surface area contributed by atoms with Crippen LogP contribution in [0.3, 0.4) is 0 Å². The molecule has 0 spiro atoms. The standard InChI is InChI=1S/C12H16N2O2S/c1-2-3-4-8-17(15,16)10-11-6-5-7-14-12(11)9-13/h5-7H,2-4,8,10H2,1H3. The van der Waals surface area contributed by atoms with Crippen molar-refractivity contribution in [2.75, 3.05) is 5.75 Å². The van der Waals surface area contributed by atoms with Gasteiger partial charge in [-0.25, -0.2) is 13.4 Å². The number of hydrogen-bond donors (Lipinski definition) is 0. The van der Waals surface area contributed by atoms with Crippen molar-refractivity contribution in [3.63, 3.8) is 0 Å². The number of pyridine rings is 1. The molecule has 0 aliphatic heterocycles. The van der Waals surface area contributed by atoms with Crippen molar-refractivity contribution in [2.45, 2.75) is 31.9 Å². The molecule has 1 aromatic heterocycles. The Morgan fingerprint density at radius 2 is 2.18 bits per heavy atom. The van der Waals surface area contributed by atoms with Crippen molar-refractivity contribution in [3.05, 3.63) is 29.6 Å². The zero-order valence-corrected chi connectivity index (χ0v) is 10.7. The Kier molecular flexibility index (Phi) is 5.11. The van der Waals surface area contributed by atoms with E-state index in [-0.39, 0.29) is 17.2 Å². The number of nitrogens with zero attached hydrogens (tertiary/aromatic N) is 2. The highest BCUT2D eigenvalue weighted by molar-refractivity contribution is 7.90. The Labute approximate surface area is 102 Å². The lowest BCUT2D eigenvalue weighted by Crippen LogP contribution is -2.10. The van der Waals surface area contributed by atoms with E-state index in [9.17, 15) is 8.42 Å². The summed E-state index contributed by atoms with van der Waals surface area (Å²) in [5, 5.41) is 8.82. The average Bonchev–Trinajstić information content (AvgIpc) is 2.29. The van der Waals surface area contributed by atoms with Gasteiger partial charge in [-0.05, 0) is 12.5 Å². The smallest absolute Gasteiger partial charge is 0.154 e. The van der Waals surface area contributed by atoms with E-state index in [0.29, 0.717) is 12.0 Å². The van der Waals surface area contributed by atoms with Gasteiger partial charge in [-0.15, -0.1) is 0 Å². The summed E-state index contributed by atoms with van der Waals surface area (Å²) >= 11 is 0. The van der Waals surface area contributed by atoms with Crippen LogP contribution in [0, 0.1) is 11.3 Å². The van der Waals surface area contributed by atoms with Crippen molar-refractivity contribution in [1.29, 1.82) is 5.26 Å². The lowest BCUT2D eigenvalue weighted by Gasteiger charge is -2.04. The number of sulfone groups is 1. The summed E-state index contributed by atoms with van der Waals surface area (Å²) in [6.45, 7) is 2.03. The fraction of sp³-hybridized carbons (Fsp3) is 0.500. The zero-order valence-electron chi connectivity index (χ0n) is 9.89. The molecule has 92 valence electrons. The molecule has 0 fully saturated rings. The lowest BCUT2D eigenvalue weighted by atomic mass is 10.2. The molecule has 0 saturated carbocycles. The van der Waals surface area contributed by atoms with Crippen molar-refractivity contribution in [3.8, 4) is 6.07 Å². The molecule has 1 rings (SSSR count). The van der Waals surface area contributed by atoms with Crippen molar-refractivity contribution < 1.29 is 8.42 Å².